The Balaban J connectivity index is 0.00000162. The molecule has 2 aromatic carbocycles. The van der Waals surface area contributed by atoms with E-state index in [9.17, 15) is 9.90 Å². The van der Waals surface area contributed by atoms with E-state index in [2.05, 4.69) is 0 Å². The first-order chi connectivity index (χ1) is 8.22. The zero-order valence-corrected chi connectivity index (χ0v) is 15.6. The van der Waals surface area contributed by atoms with Crippen molar-refractivity contribution in [1.29, 1.82) is 0 Å². The molecular formula is C14H15BiO3. The second-order valence-electron chi connectivity index (χ2n) is 3.58. The number of ether oxygens (including phenoxy) is 1. The molecule has 0 aliphatic carbocycles. The van der Waals surface area contributed by atoms with Crippen LogP contribution in [0.5, 0.6) is 11.5 Å². The predicted molar refractivity (Wildman–Crippen MR) is 74.5 cm³/mol. The normalized spacial score (nSPS) is 9.39. The monoisotopic (exact) mass is 440 g/mol. The van der Waals surface area contributed by atoms with Gasteiger partial charge in [0.15, 0.2) is 5.78 Å². The van der Waals surface area contributed by atoms with E-state index in [1.165, 1.54) is 13.2 Å². The first kappa shape index (κ1) is 14.7. The van der Waals surface area contributed by atoms with Crippen LogP contribution < -0.4 is 4.74 Å². The summed E-state index contributed by atoms with van der Waals surface area (Å²) in [5.41, 5.74) is 0.824. The summed E-state index contributed by atoms with van der Waals surface area (Å²) < 4.78 is 4.96. The van der Waals surface area contributed by atoms with Gasteiger partial charge in [-0.15, -0.1) is 0 Å². The molecule has 94 valence electrons. The van der Waals surface area contributed by atoms with Gasteiger partial charge < -0.3 is 9.84 Å². The van der Waals surface area contributed by atoms with Crippen molar-refractivity contribution in [3.63, 3.8) is 0 Å². The van der Waals surface area contributed by atoms with Gasteiger partial charge in [0, 0.05) is 11.6 Å². The van der Waals surface area contributed by atoms with E-state index in [0.717, 1.165) is 0 Å². The Morgan fingerprint density at radius 3 is 2.33 bits per heavy atom. The van der Waals surface area contributed by atoms with E-state index >= 15 is 0 Å². The number of phenolic OH excluding ortho intramolecular Hbond substituents is 1. The molecule has 0 aromatic heterocycles. The van der Waals surface area contributed by atoms with Crippen molar-refractivity contribution >= 4 is 32.0 Å². The van der Waals surface area contributed by atoms with Crippen LogP contribution in [0.25, 0.3) is 0 Å². The molecule has 2 aromatic rings. The van der Waals surface area contributed by atoms with Gasteiger partial charge >= 0.3 is 26.2 Å². The maximum absolute atomic E-state index is 12.1. The van der Waals surface area contributed by atoms with Crippen LogP contribution in [0.3, 0.4) is 0 Å². The van der Waals surface area contributed by atoms with Gasteiger partial charge in [0.2, 0.25) is 0 Å². The standard InChI is InChI=1S/C14H12O3.Bi.3H/c1-17-11-7-8-12(13(15)9-11)14(16)10-5-3-2-4-6-10;;;;/h2-9,15H,1H3;;;;. The number of aromatic hydroxyl groups is 1. The van der Waals surface area contributed by atoms with Crippen LogP contribution in [0.1, 0.15) is 15.9 Å². The summed E-state index contributed by atoms with van der Waals surface area (Å²) in [4.78, 5) is 12.1. The van der Waals surface area contributed by atoms with Crippen molar-refractivity contribution in [3.05, 3.63) is 59.7 Å². The van der Waals surface area contributed by atoms with Crippen LogP contribution in [0.2, 0.25) is 0 Å². The number of carbonyl (C=O) groups is 1. The Labute approximate surface area is 125 Å². The fraction of sp³-hybridized carbons (Fsp3) is 0.0714. The van der Waals surface area contributed by atoms with E-state index in [1.807, 2.05) is 6.07 Å². The van der Waals surface area contributed by atoms with E-state index in [4.69, 9.17) is 4.74 Å². The van der Waals surface area contributed by atoms with Crippen LogP contribution in [0, 0.1) is 0 Å². The summed E-state index contributed by atoms with van der Waals surface area (Å²) in [5.74, 6) is 0.246. The average molecular weight is 440 g/mol. The number of rotatable bonds is 3. The Kier molecular flexibility index (Phi) is 5.30. The van der Waals surface area contributed by atoms with Crippen molar-refractivity contribution in [2.24, 2.45) is 0 Å². The number of methoxy groups -OCH3 is 1. The van der Waals surface area contributed by atoms with Crippen LogP contribution in [-0.2, 0) is 0 Å². The van der Waals surface area contributed by atoms with Gasteiger partial charge in [-0.3, -0.25) is 4.79 Å². The minimum absolute atomic E-state index is 0. The molecule has 0 spiro atoms. The molecule has 0 fully saturated rings. The van der Waals surface area contributed by atoms with Crippen molar-refractivity contribution in [2.75, 3.05) is 7.11 Å². The fourth-order valence-electron chi connectivity index (χ4n) is 1.58. The molecule has 0 saturated carbocycles. The second-order valence-corrected chi connectivity index (χ2v) is 3.58. The summed E-state index contributed by atoms with van der Waals surface area (Å²) >= 11 is 0. The molecule has 2 rings (SSSR count). The van der Waals surface area contributed by atoms with Crippen LogP contribution in [0.4, 0.5) is 0 Å². The van der Waals surface area contributed by atoms with Gasteiger partial charge in [0.25, 0.3) is 0 Å². The molecule has 0 aliphatic heterocycles. The molecule has 4 heteroatoms. The molecule has 3 nitrogen and oxygen atoms in total. The third-order valence-electron chi connectivity index (χ3n) is 2.49. The van der Waals surface area contributed by atoms with E-state index in [1.54, 1.807) is 36.4 Å². The van der Waals surface area contributed by atoms with Crippen LogP contribution in [-0.4, -0.2) is 44.2 Å². The number of hydrogen-bond acceptors (Lipinski definition) is 3. The van der Waals surface area contributed by atoms with E-state index in [0.29, 0.717) is 11.3 Å². The van der Waals surface area contributed by atoms with E-state index in [-0.39, 0.29) is 43.3 Å². The Morgan fingerprint density at radius 2 is 1.78 bits per heavy atom. The molecule has 0 bridgehead atoms. The van der Waals surface area contributed by atoms with Crippen molar-refractivity contribution < 1.29 is 14.6 Å². The summed E-state index contributed by atoms with van der Waals surface area (Å²) in [6.07, 6.45) is 0. The van der Waals surface area contributed by atoms with Gasteiger partial charge in [-0.2, -0.15) is 0 Å². The molecule has 0 amide bonds. The Hall–Kier alpha value is -1.41. The maximum atomic E-state index is 12.1. The van der Waals surface area contributed by atoms with Gasteiger partial charge in [-0.1, -0.05) is 30.3 Å². The quantitative estimate of drug-likeness (QED) is 0.581. The second kappa shape index (κ2) is 6.51. The summed E-state index contributed by atoms with van der Waals surface area (Å²) in [6.45, 7) is 0. The van der Waals surface area contributed by atoms with Gasteiger partial charge in [0.05, 0.1) is 12.7 Å². The zero-order chi connectivity index (χ0) is 12.3. The first-order valence-corrected chi connectivity index (χ1v) is 5.19. The van der Waals surface area contributed by atoms with Gasteiger partial charge in [-0.25, -0.2) is 0 Å². The molecule has 0 atom stereocenters. The van der Waals surface area contributed by atoms with Crippen molar-refractivity contribution in [1.82, 2.24) is 0 Å². The molecule has 0 heterocycles. The van der Waals surface area contributed by atoms with Gasteiger partial charge in [-0.05, 0) is 12.1 Å². The third kappa shape index (κ3) is 3.08. The summed E-state index contributed by atoms with van der Waals surface area (Å²) in [7, 11) is 1.51. The minimum atomic E-state index is -0.203. The average Bonchev–Trinajstić information content (AvgIpc) is 2.39. The number of benzene rings is 2. The number of carbonyl (C=O) groups excluding carboxylic acids is 1. The molecular weight excluding hydrogens is 425 g/mol. The topological polar surface area (TPSA) is 46.5 Å². The molecule has 1 N–H and O–H groups in total. The fourth-order valence-corrected chi connectivity index (χ4v) is 1.58. The molecule has 0 aliphatic rings. The summed E-state index contributed by atoms with van der Waals surface area (Å²) in [5, 5.41) is 9.75. The number of hydrogen-bond donors (Lipinski definition) is 1. The zero-order valence-electron chi connectivity index (χ0n) is 10.1. The molecule has 0 radical (unpaired) electrons. The SMILES string of the molecule is COc1ccc(C(=O)c2ccccc2)c(O)c1.[BiH3]. The van der Waals surface area contributed by atoms with Crippen molar-refractivity contribution in [3.8, 4) is 11.5 Å². The van der Waals surface area contributed by atoms with Crippen LogP contribution >= 0.6 is 0 Å². The molecule has 0 saturated heterocycles. The Morgan fingerprint density at radius 1 is 1.11 bits per heavy atom. The summed E-state index contributed by atoms with van der Waals surface area (Å²) in [6, 6.07) is 13.5. The van der Waals surface area contributed by atoms with Crippen molar-refractivity contribution in [2.45, 2.75) is 0 Å². The number of ketones is 1. The number of phenols is 1. The van der Waals surface area contributed by atoms with Crippen LogP contribution in [0.15, 0.2) is 48.5 Å². The van der Waals surface area contributed by atoms with E-state index < -0.39 is 0 Å². The molecule has 18 heavy (non-hydrogen) atoms. The predicted octanol–water partition coefficient (Wildman–Crippen LogP) is 1.45. The molecule has 0 unspecified atom stereocenters. The first-order valence-electron chi connectivity index (χ1n) is 5.19. The third-order valence-corrected chi connectivity index (χ3v) is 2.49. The van der Waals surface area contributed by atoms with Gasteiger partial charge in [0.1, 0.15) is 11.5 Å². The Bertz CT molecular complexity index is 538.